The molecule has 11 heteroatoms. The molecule has 0 saturated carbocycles. The highest BCUT2D eigenvalue weighted by molar-refractivity contribution is 7.89. The van der Waals surface area contributed by atoms with Crippen LogP contribution >= 0.6 is 0 Å². The average molecular weight is 424 g/mol. The lowest BCUT2D eigenvalue weighted by molar-refractivity contribution is 0.255. The molecule has 3 aromatic rings. The zero-order valence-corrected chi connectivity index (χ0v) is 17.2. The second kappa shape index (κ2) is 6.99. The molecule has 4 N–H and O–H groups in total. The van der Waals surface area contributed by atoms with Crippen LogP contribution in [0.2, 0.25) is 0 Å². The van der Waals surface area contributed by atoms with Gasteiger partial charge in [-0.1, -0.05) is 20.8 Å². The minimum atomic E-state index is -3.87. The second-order valence-electron chi connectivity index (χ2n) is 8.16. The molecule has 0 amide bonds. The fraction of sp³-hybridized carbons (Fsp3) is 0.389. The van der Waals surface area contributed by atoms with Gasteiger partial charge < -0.3 is 10.3 Å². The Bertz CT molecular complexity index is 1170. The van der Waals surface area contributed by atoms with E-state index in [0.29, 0.717) is 16.6 Å². The lowest BCUT2D eigenvalue weighted by atomic mass is 9.76. The van der Waals surface area contributed by atoms with Crippen LogP contribution in [0, 0.1) is 17.0 Å². The van der Waals surface area contributed by atoms with Crippen molar-refractivity contribution in [3.63, 3.8) is 0 Å². The first-order valence-electron chi connectivity index (χ1n) is 8.73. The van der Waals surface area contributed by atoms with Gasteiger partial charge in [0, 0.05) is 17.1 Å². The largest absolute Gasteiger partial charge is 0.361 e. The number of aromatic amines is 1. The van der Waals surface area contributed by atoms with Gasteiger partial charge in [0.1, 0.15) is 11.5 Å². The Morgan fingerprint density at radius 3 is 2.48 bits per heavy atom. The fourth-order valence-electron chi connectivity index (χ4n) is 2.85. The molecule has 0 radical (unpaired) electrons. The molecule has 0 aliphatic rings. The van der Waals surface area contributed by atoms with Gasteiger partial charge >= 0.3 is 0 Å². The van der Waals surface area contributed by atoms with Crippen LogP contribution in [0.3, 0.4) is 0 Å². The normalized spacial score (nSPS) is 14.7. The summed E-state index contributed by atoms with van der Waals surface area (Å²) < 4.78 is 51.6. The van der Waals surface area contributed by atoms with Crippen LogP contribution in [0.4, 0.5) is 14.6 Å². The third-order valence-electron chi connectivity index (χ3n) is 5.02. The minimum Gasteiger partial charge on any atom is -0.361 e. The van der Waals surface area contributed by atoms with E-state index in [0.717, 1.165) is 12.4 Å². The molecule has 3 heterocycles. The molecule has 0 spiro atoms. The number of nitrogens with two attached hydrogens (primary N) is 1. The van der Waals surface area contributed by atoms with Crippen molar-refractivity contribution < 1.29 is 17.2 Å². The average Bonchev–Trinajstić information content (AvgIpc) is 2.97. The highest BCUT2D eigenvalue weighted by Crippen LogP contribution is 2.35. The van der Waals surface area contributed by atoms with Gasteiger partial charge in [0.15, 0.2) is 17.5 Å². The number of hydrogen-bond donors (Lipinski definition) is 3. The monoisotopic (exact) mass is 424 g/mol. The van der Waals surface area contributed by atoms with Gasteiger partial charge in [0.2, 0.25) is 10.0 Å². The molecule has 0 aromatic carbocycles. The van der Waals surface area contributed by atoms with E-state index in [4.69, 9.17) is 5.14 Å². The van der Waals surface area contributed by atoms with Crippen molar-refractivity contribution in [3.05, 3.63) is 36.3 Å². The van der Waals surface area contributed by atoms with Crippen LogP contribution in [0.1, 0.15) is 27.7 Å². The SMILES string of the molecule is CC(C)(C)[C@](C)(CS(N)(=O)=O)Nc1nc(-c2c[nH]c3ncc(F)cc23)ncc1F. The molecular formula is C18H22F2N6O2S. The highest BCUT2D eigenvalue weighted by atomic mass is 32.2. The van der Waals surface area contributed by atoms with E-state index in [9.17, 15) is 17.2 Å². The van der Waals surface area contributed by atoms with Crippen molar-refractivity contribution in [1.82, 2.24) is 19.9 Å². The van der Waals surface area contributed by atoms with E-state index in [2.05, 4.69) is 25.3 Å². The first-order chi connectivity index (χ1) is 13.3. The van der Waals surface area contributed by atoms with Crippen LogP contribution in [-0.2, 0) is 10.0 Å². The standard InChI is InChI=1S/C18H22F2N6O2S/c1-17(2,3)18(4,9-29(21,27)28)26-16-13(20)8-24-15(25-16)12-7-23-14-11(12)5-10(19)6-22-14/h5-8H,9H2,1-4H3,(H,22,23)(H2,21,27,28)(H,24,25,26)/t18-/m0/s1. The lowest BCUT2D eigenvalue weighted by Gasteiger charge is -2.42. The molecule has 29 heavy (non-hydrogen) atoms. The van der Waals surface area contributed by atoms with Crippen molar-refractivity contribution >= 4 is 26.9 Å². The van der Waals surface area contributed by atoms with E-state index in [-0.39, 0.29) is 11.6 Å². The zero-order chi connectivity index (χ0) is 21.6. The number of nitrogens with one attached hydrogen (secondary N) is 2. The van der Waals surface area contributed by atoms with Gasteiger partial charge in [0.05, 0.1) is 23.7 Å². The van der Waals surface area contributed by atoms with Crippen molar-refractivity contribution in [2.45, 2.75) is 33.2 Å². The molecule has 1 atom stereocenters. The predicted molar refractivity (Wildman–Crippen MR) is 106 cm³/mol. The highest BCUT2D eigenvalue weighted by Gasteiger charge is 2.41. The van der Waals surface area contributed by atoms with Crippen LogP contribution in [0.15, 0.2) is 24.7 Å². The summed E-state index contributed by atoms with van der Waals surface area (Å²) in [6.07, 6.45) is 3.58. The van der Waals surface area contributed by atoms with E-state index in [1.807, 2.05) is 0 Å². The molecule has 8 nitrogen and oxygen atoms in total. The Morgan fingerprint density at radius 1 is 1.17 bits per heavy atom. The maximum atomic E-state index is 14.5. The molecule has 0 bridgehead atoms. The molecule has 0 unspecified atom stereocenters. The Balaban J connectivity index is 2.08. The van der Waals surface area contributed by atoms with Gasteiger partial charge in [-0.15, -0.1) is 0 Å². The summed E-state index contributed by atoms with van der Waals surface area (Å²) >= 11 is 0. The Morgan fingerprint density at radius 2 is 1.86 bits per heavy atom. The maximum Gasteiger partial charge on any atom is 0.211 e. The molecule has 0 aliphatic carbocycles. The maximum absolute atomic E-state index is 14.5. The van der Waals surface area contributed by atoms with Crippen molar-refractivity contribution in [2.24, 2.45) is 10.6 Å². The number of rotatable bonds is 5. The number of hydrogen-bond acceptors (Lipinski definition) is 6. The molecule has 0 fully saturated rings. The van der Waals surface area contributed by atoms with E-state index in [1.165, 1.54) is 6.07 Å². The summed E-state index contributed by atoms with van der Waals surface area (Å²) in [6.45, 7) is 7.04. The summed E-state index contributed by atoms with van der Waals surface area (Å²) in [7, 11) is -3.87. The number of halogens is 2. The fourth-order valence-corrected chi connectivity index (χ4v) is 4.16. The first kappa shape index (κ1) is 21.1. The number of anilines is 1. The van der Waals surface area contributed by atoms with Gasteiger partial charge in [-0.05, 0) is 18.4 Å². The van der Waals surface area contributed by atoms with Gasteiger partial charge in [-0.3, -0.25) is 0 Å². The second-order valence-corrected chi connectivity index (χ2v) is 9.77. The number of pyridine rings is 1. The molecule has 3 aromatic heterocycles. The molecular weight excluding hydrogens is 402 g/mol. The van der Waals surface area contributed by atoms with Gasteiger partial charge in [-0.25, -0.2) is 37.3 Å². The Hall–Kier alpha value is -2.66. The number of aromatic nitrogens is 4. The Kier molecular flexibility index (Phi) is 5.08. The number of fused-ring (bicyclic) bond motifs is 1. The van der Waals surface area contributed by atoms with Crippen LogP contribution in [0.25, 0.3) is 22.4 Å². The minimum absolute atomic E-state index is 0.124. The van der Waals surface area contributed by atoms with Crippen LogP contribution < -0.4 is 10.5 Å². The van der Waals surface area contributed by atoms with Gasteiger partial charge in [0.25, 0.3) is 0 Å². The van der Waals surface area contributed by atoms with Crippen molar-refractivity contribution in [1.29, 1.82) is 0 Å². The third-order valence-corrected chi connectivity index (χ3v) is 6.00. The quantitative estimate of drug-likeness (QED) is 0.578. The van der Waals surface area contributed by atoms with E-state index >= 15 is 0 Å². The van der Waals surface area contributed by atoms with Crippen LogP contribution in [-0.4, -0.2) is 39.6 Å². The number of nitrogens with zero attached hydrogens (tertiary/aromatic N) is 3. The van der Waals surface area contributed by atoms with Crippen molar-refractivity contribution in [3.8, 4) is 11.4 Å². The first-order valence-corrected chi connectivity index (χ1v) is 10.4. The van der Waals surface area contributed by atoms with Gasteiger partial charge in [-0.2, -0.15) is 0 Å². The summed E-state index contributed by atoms with van der Waals surface area (Å²) in [5.41, 5.74) is -0.900. The molecule has 0 saturated heterocycles. The smallest absolute Gasteiger partial charge is 0.211 e. The van der Waals surface area contributed by atoms with Crippen molar-refractivity contribution in [2.75, 3.05) is 11.1 Å². The van der Waals surface area contributed by atoms with Crippen LogP contribution in [0.5, 0.6) is 0 Å². The summed E-state index contributed by atoms with van der Waals surface area (Å²) in [5.74, 6) is -1.80. The number of H-pyrrole nitrogens is 1. The number of sulfonamides is 1. The summed E-state index contributed by atoms with van der Waals surface area (Å²) in [4.78, 5) is 15.0. The lowest BCUT2D eigenvalue weighted by Crippen LogP contribution is -2.53. The molecule has 3 rings (SSSR count). The summed E-state index contributed by atoms with van der Waals surface area (Å²) in [5, 5.41) is 8.59. The third kappa shape index (κ3) is 4.35. The zero-order valence-electron chi connectivity index (χ0n) is 16.4. The predicted octanol–water partition coefficient (Wildman–Crippen LogP) is 2.80. The molecule has 0 aliphatic heterocycles. The Labute approximate surface area is 167 Å². The van der Waals surface area contributed by atoms with E-state index < -0.39 is 38.4 Å². The number of primary sulfonamides is 1. The topological polar surface area (TPSA) is 127 Å². The summed E-state index contributed by atoms with van der Waals surface area (Å²) in [6, 6.07) is 1.27. The molecule has 156 valence electrons. The van der Waals surface area contributed by atoms with E-state index in [1.54, 1.807) is 33.9 Å².